The predicted octanol–water partition coefficient (Wildman–Crippen LogP) is 4.07. The summed E-state index contributed by atoms with van der Waals surface area (Å²) in [6, 6.07) is 14.6. The van der Waals surface area contributed by atoms with Crippen LogP contribution in [0.4, 0.5) is 0 Å². The molecular weight excluding hydrogens is 367 g/mol. The van der Waals surface area contributed by atoms with Crippen LogP contribution in [0.5, 0.6) is 5.75 Å². The Kier molecular flexibility index (Phi) is 3.48. The van der Waals surface area contributed by atoms with Gasteiger partial charge in [-0.2, -0.15) is 0 Å². The second kappa shape index (κ2) is 5.28. The molecule has 3 aromatic rings. The molecule has 0 aliphatic carbocycles. The van der Waals surface area contributed by atoms with E-state index in [2.05, 4.69) is 22.6 Å². The standard InChI is InChI=1S/C16H11IO3/c1-19-12-5-6-13-14(18)9-15(20-16(13)8-12)10-3-2-4-11(17)7-10/h2-9H,1H3. The summed E-state index contributed by atoms with van der Waals surface area (Å²) < 4.78 is 12.1. The van der Waals surface area contributed by atoms with Gasteiger partial charge in [0.1, 0.15) is 17.1 Å². The number of rotatable bonds is 2. The molecule has 0 N–H and O–H groups in total. The molecule has 0 radical (unpaired) electrons. The van der Waals surface area contributed by atoms with Crippen molar-refractivity contribution in [1.29, 1.82) is 0 Å². The summed E-state index contributed by atoms with van der Waals surface area (Å²) in [5.41, 5.74) is 1.37. The fourth-order valence-corrected chi connectivity index (χ4v) is 2.59. The SMILES string of the molecule is COc1ccc2c(=O)cc(-c3cccc(I)c3)oc2c1. The lowest BCUT2D eigenvalue weighted by molar-refractivity contribution is 0.414. The van der Waals surface area contributed by atoms with E-state index in [1.54, 1.807) is 25.3 Å². The molecule has 0 amide bonds. The maximum atomic E-state index is 12.2. The monoisotopic (exact) mass is 378 g/mol. The van der Waals surface area contributed by atoms with Crippen LogP contribution in [0, 0.1) is 3.57 Å². The van der Waals surface area contributed by atoms with E-state index in [0.717, 1.165) is 9.13 Å². The van der Waals surface area contributed by atoms with Crippen LogP contribution in [0.1, 0.15) is 0 Å². The summed E-state index contributed by atoms with van der Waals surface area (Å²) >= 11 is 2.23. The molecule has 0 saturated carbocycles. The Bertz CT molecular complexity index is 836. The Hall–Kier alpha value is -1.82. The highest BCUT2D eigenvalue weighted by molar-refractivity contribution is 14.1. The first kappa shape index (κ1) is 13.2. The minimum Gasteiger partial charge on any atom is -0.497 e. The zero-order valence-corrected chi connectivity index (χ0v) is 12.9. The molecule has 0 bridgehead atoms. The third-order valence-electron chi connectivity index (χ3n) is 3.05. The highest BCUT2D eigenvalue weighted by Gasteiger charge is 2.08. The molecule has 0 saturated heterocycles. The van der Waals surface area contributed by atoms with Gasteiger partial charge >= 0.3 is 0 Å². The van der Waals surface area contributed by atoms with Crippen molar-refractivity contribution in [3.05, 3.63) is 62.3 Å². The van der Waals surface area contributed by atoms with Crippen molar-refractivity contribution in [2.75, 3.05) is 7.11 Å². The van der Waals surface area contributed by atoms with Gasteiger partial charge in [-0.1, -0.05) is 12.1 Å². The van der Waals surface area contributed by atoms with Crippen LogP contribution in [0.3, 0.4) is 0 Å². The van der Waals surface area contributed by atoms with Crippen molar-refractivity contribution in [3.63, 3.8) is 0 Å². The summed E-state index contributed by atoms with van der Waals surface area (Å²) in [4.78, 5) is 12.2. The molecule has 0 unspecified atom stereocenters. The summed E-state index contributed by atoms with van der Waals surface area (Å²) in [5, 5.41) is 0.556. The van der Waals surface area contributed by atoms with Crippen LogP contribution in [-0.2, 0) is 0 Å². The largest absolute Gasteiger partial charge is 0.497 e. The lowest BCUT2D eigenvalue weighted by Crippen LogP contribution is -2.00. The molecule has 0 aliphatic rings. The normalized spacial score (nSPS) is 10.7. The smallest absolute Gasteiger partial charge is 0.193 e. The second-order valence-corrected chi connectivity index (χ2v) is 5.59. The van der Waals surface area contributed by atoms with E-state index in [0.29, 0.717) is 22.5 Å². The second-order valence-electron chi connectivity index (χ2n) is 4.35. The third kappa shape index (κ3) is 2.43. The Morgan fingerprint density at radius 3 is 2.70 bits per heavy atom. The maximum absolute atomic E-state index is 12.2. The fourth-order valence-electron chi connectivity index (χ4n) is 2.05. The van der Waals surface area contributed by atoms with Gasteiger partial charge in [0.25, 0.3) is 0 Å². The van der Waals surface area contributed by atoms with Crippen LogP contribution >= 0.6 is 22.6 Å². The lowest BCUT2D eigenvalue weighted by atomic mass is 10.1. The first-order valence-electron chi connectivity index (χ1n) is 6.05. The van der Waals surface area contributed by atoms with Crippen LogP contribution < -0.4 is 10.2 Å². The number of methoxy groups -OCH3 is 1. The summed E-state index contributed by atoms with van der Waals surface area (Å²) in [6.07, 6.45) is 0. The summed E-state index contributed by atoms with van der Waals surface area (Å²) in [5.74, 6) is 1.23. The molecule has 100 valence electrons. The number of hydrogen-bond donors (Lipinski definition) is 0. The van der Waals surface area contributed by atoms with Crippen molar-refractivity contribution in [1.82, 2.24) is 0 Å². The van der Waals surface area contributed by atoms with Crippen molar-refractivity contribution in [2.45, 2.75) is 0 Å². The van der Waals surface area contributed by atoms with E-state index < -0.39 is 0 Å². The fraction of sp³-hybridized carbons (Fsp3) is 0.0625. The van der Waals surface area contributed by atoms with Gasteiger partial charge in [0.2, 0.25) is 0 Å². The molecule has 0 spiro atoms. The number of benzene rings is 2. The molecule has 3 nitrogen and oxygen atoms in total. The summed E-state index contributed by atoms with van der Waals surface area (Å²) in [7, 11) is 1.59. The average molecular weight is 378 g/mol. The van der Waals surface area contributed by atoms with Gasteiger partial charge in [0.15, 0.2) is 5.43 Å². The first-order chi connectivity index (χ1) is 9.67. The van der Waals surface area contributed by atoms with Gasteiger partial charge in [-0.15, -0.1) is 0 Å². The van der Waals surface area contributed by atoms with Gasteiger partial charge in [-0.25, -0.2) is 0 Å². The molecule has 0 aliphatic heterocycles. The predicted molar refractivity (Wildman–Crippen MR) is 87.2 cm³/mol. The van der Waals surface area contributed by atoms with Gasteiger partial charge in [-0.05, 0) is 46.9 Å². The van der Waals surface area contributed by atoms with Gasteiger partial charge in [0.05, 0.1) is 12.5 Å². The molecule has 1 heterocycles. The molecular formula is C16H11IO3. The minimum absolute atomic E-state index is 0.0530. The van der Waals surface area contributed by atoms with Crippen molar-refractivity contribution >= 4 is 33.6 Å². The maximum Gasteiger partial charge on any atom is 0.193 e. The highest BCUT2D eigenvalue weighted by atomic mass is 127. The van der Waals surface area contributed by atoms with E-state index in [1.165, 1.54) is 6.07 Å². The van der Waals surface area contributed by atoms with E-state index in [1.807, 2.05) is 24.3 Å². The molecule has 3 rings (SSSR count). The van der Waals surface area contributed by atoms with Crippen molar-refractivity contribution < 1.29 is 9.15 Å². The zero-order chi connectivity index (χ0) is 14.1. The molecule has 1 aromatic heterocycles. The Balaban J connectivity index is 2.25. The average Bonchev–Trinajstić information content (AvgIpc) is 2.46. The Morgan fingerprint density at radius 1 is 1.10 bits per heavy atom. The summed E-state index contributed by atoms with van der Waals surface area (Å²) in [6.45, 7) is 0. The topological polar surface area (TPSA) is 39.4 Å². The first-order valence-corrected chi connectivity index (χ1v) is 7.13. The van der Waals surface area contributed by atoms with Crippen LogP contribution in [0.25, 0.3) is 22.3 Å². The van der Waals surface area contributed by atoms with Crippen molar-refractivity contribution in [2.24, 2.45) is 0 Å². The quantitative estimate of drug-likeness (QED) is 0.631. The van der Waals surface area contributed by atoms with Crippen LogP contribution in [0.15, 0.2) is 57.7 Å². The zero-order valence-electron chi connectivity index (χ0n) is 10.7. The minimum atomic E-state index is -0.0530. The van der Waals surface area contributed by atoms with Crippen LogP contribution in [-0.4, -0.2) is 7.11 Å². The molecule has 0 fully saturated rings. The highest BCUT2D eigenvalue weighted by Crippen LogP contribution is 2.25. The van der Waals surface area contributed by atoms with Gasteiger partial charge < -0.3 is 9.15 Å². The number of fused-ring (bicyclic) bond motifs is 1. The molecule has 20 heavy (non-hydrogen) atoms. The Morgan fingerprint density at radius 2 is 1.95 bits per heavy atom. The Labute approximate surface area is 129 Å². The number of hydrogen-bond acceptors (Lipinski definition) is 3. The number of ether oxygens (including phenoxy) is 1. The molecule has 4 heteroatoms. The van der Waals surface area contributed by atoms with Crippen LogP contribution in [0.2, 0.25) is 0 Å². The van der Waals surface area contributed by atoms with E-state index in [9.17, 15) is 4.79 Å². The van der Waals surface area contributed by atoms with E-state index in [4.69, 9.17) is 9.15 Å². The van der Waals surface area contributed by atoms with E-state index >= 15 is 0 Å². The molecule has 2 aromatic carbocycles. The van der Waals surface area contributed by atoms with Gasteiger partial charge in [-0.3, -0.25) is 4.79 Å². The third-order valence-corrected chi connectivity index (χ3v) is 3.72. The van der Waals surface area contributed by atoms with Gasteiger partial charge in [0, 0.05) is 21.3 Å². The molecule has 0 atom stereocenters. The lowest BCUT2D eigenvalue weighted by Gasteiger charge is -2.05. The van der Waals surface area contributed by atoms with E-state index in [-0.39, 0.29) is 5.43 Å². The van der Waals surface area contributed by atoms with Crippen molar-refractivity contribution in [3.8, 4) is 17.1 Å². The number of halogens is 1.